The summed E-state index contributed by atoms with van der Waals surface area (Å²) in [5, 5.41) is 0. The minimum absolute atomic E-state index is 0.00461. The van der Waals surface area contributed by atoms with Crippen molar-refractivity contribution < 1.29 is 19.2 Å². The molecule has 0 radical (unpaired) electrons. The maximum Gasteiger partial charge on any atom is 0.295 e. The van der Waals surface area contributed by atoms with E-state index in [2.05, 4.69) is 11.6 Å². The lowest BCUT2D eigenvalue weighted by molar-refractivity contribution is -0.144. The summed E-state index contributed by atoms with van der Waals surface area (Å²) in [4.78, 5) is 56.3. The second-order valence-electron chi connectivity index (χ2n) is 7.05. The summed E-state index contributed by atoms with van der Waals surface area (Å²) in [7, 11) is 0. The van der Waals surface area contributed by atoms with E-state index in [1.54, 1.807) is 36.1 Å². The number of nitrogen functional groups attached to an aromatic ring is 1. The highest BCUT2D eigenvalue weighted by molar-refractivity contribution is 6.53. The molecule has 8 heteroatoms. The fourth-order valence-electron chi connectivity index (χ4n) is 3.41. The van der Waals surface area contributed by atoms with Crippen molar-refractivity contribution >= 4 is 35.1 Å². The molecule has 1 atom stereocenters. The van der Waals surface area contributed by atoms with Crippen molar-refractivity contribution in [1.29, 1.82) is 0 Å². The first-order valence-electron chi connectivity index (χ1n) is 9.43. The van der Waals surface area contributed by atoms with Gasteiger partial charge in [0.25, 0.3) is 17.6 Å². The lowest BCUT2D eigenvalue weighted by Gasteiger charge is -2.39. The number of amides is 2. The number of piperazine rings is 1. The third-order valence-electron chi connectivity index (χ3n) is 5.10. The first-order valence-corrected chi connectivity index (χ1v) is 9.43. The zero-order chi connectivity index (χ0) is 21.8. The third-order valence-corrected chi connectivity index (χ3v) is 5.10. The van der Waals surface area contributed by atoms with Gasteiger partial charge in [0, 0.05) is 48.6 Å². The molecule has 8 nitrogen and oxygen atoms in total. The number of Topliss-reactive ketones (excluding diaryl/α,β-unsaturated/α-hetero) is 1. The zero-order valence-corrected chi connectivity index (χ0v) is 16.6. The van der Waals surface area contributed by atoms with Gasteiger partial charge in [-0.1, -0.05) is 24.8 Å². The summed E-state index contributed by atoms with van der Waals surface area (Å²) in [5.74, 6) is -1.70. The van der Waals surface area contributed by atoms with Crippen LogP contribution in [0.25, 0.3) is 5.57 Å². The van der Waals surface area contributed by atoms with Gasteiger partial charge in [0.15, 0.2) is 6.29 Å². The van der Waals surface area contributed by atoms with Gasteiger partial charge in [0.05, 0.1) is 11.4 Å². The highest BCUT2D eigenvalue weighted by Crippen LogP contribution is 2.23. The number of anilines is 1. The number of carbonyl (C=O) groups excluding carboxylic acids is 4. The number of hydrogen-bond acceptors (Lipinski definition) is 6. The monoisotopic (exact) mass is 406 g/mol. The highest BCUT2D eigenvalue weighted by atomic mass is 16.2. The van der Waals surface area contributed by atoms with Crippen LogP contribution < -0.4 is 5.73 Å². The normalized spacial score (nSPS) is 16.1. The molecule has 30 heavy (non-hydrogen) atoms. The fraction of sp³-hybridized carbons (Fsp3) is 0.227. The molecule has 1 aromatic carbocycles. The molecule has 0 bridgehead atoms. The lowest BCUT2D eigenvalue weighted by atomic mass is 10.0. The van der Waals surface area contributed by atoms with Gasteiger partial charge in [-0.05, 0) is 25.1 Å². The average molecular weight is 406 g/mol. The summed E-state index contributed by atoms with van der Waals surface area (Å²) < 4.78 is 0. The minimum Gasteiger partial charge on any atom is -0.396 e. The maximum atomic E-state index is 12.8. The van der Waals surface area contributed by atoms with E-state index in [4.69, 9.17) is 5.73 Å². The van der Waals surface area contributed by atoms with Gasteiger partial charge in [-0.3, -0.25) is 24.2 Å². The van der Waals surface area contributed by atoms with E-state index >= 15 is 0 Å². The fourth-order valence-corrected chi connectivity index (χ4v) is 3.41. The molecule has 1 aliphatic rings. The molecule has 1 aromatic heterocycles. The first kappa shape index (κ1) is 20.9. The highest BCUT2D eigenvalue weighted by Gasteiger charge is 2.34. The number of benzene rings is 1. The summed E-state index contributed by atoms with van der Waals surface area (Å²) in [6.07, 6.45) is 1.88. The van der Waals surface area contributed by atoms with Crippen LogP contribution in [0.4, 0.5) is 5.69 Å². The van der Waals surface area contributed by atoms with Crippen LogP contribution in [-0.4, -0.2) is 64.3 Å². The standard InChI is InChI=1S/C22H22N4O4/c1-14-12-25(21(29)16-6-4-3-5-7-16)10-11-26(14)22(30)20(28)15(2)19-18(23)17(13-27)8-9-24-19/h3-9,13-14H,2,10-12,23H2,1H3/t14-/m1/s1. The number of pyridine rings is 1. The van der Waals surface area contributed by atoms with Crippen LogP contribution in [0.3, 0.4) is 0 Å². The predicted molar refractivity (Wildman–Crippen MR) is 112 cm³/mol. The third kappa shape index (κ3) is 3.98. The number of nitrogens with zero attached hydrogens (tertiary/aromatic N) is 3. The molecule has 0 spiro atoms. The Morgan fingerprint density at radius 3 is 2.50 bits per heavy atom. The van der Waals surface area contributed by atoms with E-state index in [9.17, 15) is 19.2 Å². The van der Waals surface area contributed by atoms with Crippen molar-refractivity contribution in [3.05, 3.63) is 66.0 Å². The maximum absolute atomic E-state index is 12.8. The Labute approximate surface area is 174 Å². The van der Waals surface area contributed by atoms with Gasteiger partial charge in [-0.15, -0.1) is 0 Å². The molecule has 0 unspecified atom stereocenters. The summed E-state index contributed by atoms with van der Waals surface area (Å²) in [6.45, 7) is 6.27. The molecule has 1 aliphatic heterocycles. The van der Waals surface area contributed by atoms with Crippen molar-refractivity contribution in [2.24, 2.45) is 0 Å². The van der Waals surface area contributed by atoms with E-state index in [1.165, 1.54) is 17.2 Å². The summed E-state index contributed by atoms with van der Waals surface area (Å²) >= 11 is 0. The van der Waals surface area contributed by atoms with Crippen molar-refractivity contribution in [2.45, 2.75) is 13.0 Å². The van der Waals surface area contributed by atoms with E-state index in [-0.39, 0.29) is 41.0 Å². The van der Waals surface area contributed by atoms with Crippen LogP contribution in [0.1, 0.15) is 33.3 Å². The number of rotatable bonds is 5. The van der Waals surface area contributed by atoms with Crippen molar-refractivity contribution in [3.63, 3.8) is 0 Å². The molecule has 154 valence electrons. The Balaban J connectivity index is 1.70. The van der Waals surface area contributed by atoms with Gasteiger partial charge < -0.3 is 15.5 Å². The molecule has 0 saturated carbocycles. The number of carbonyl (C=O) groups is 4. The Bertz CT molecular complexity index is 1020. The number of ketones is 1. The number of aldehydes is 1. The van der Waals surface area contributed by atoms with Crippen molar-refractivity contribution in [2.75, 3.05) is 25.4 Å². The van der Waals surface area contributed by atoms with Gasteiger partial charge >= 0.3 is 0 Å². The predicted octanol–water partition coefficient (Wildman–Crippen LogP) is 1.43. The Morgan fingerprint density at radius 1 is 1.17 bits per heavy atom. The van der Waals surface area contributed by atoms with Crippen LogP contribution in [0.15, 0.2) is 49.2 Å². The molecule has 0 aliphatic carbocycles. The average Bonchev–Trinajstić information content (AvgIpc) is 2.77. The van der Waals surface area contributed by atoms with Crippen LogP contribution in [0.2, 0.25) is 0 Å². The topological polar surface area (TPSA) is 114 Å². The Morgan fingerprint density at radius 2 is 1.87 bits per heavy atom. The smallest absolute Gasteiger partial charge is 0.295 e. The van der Waals surface area contributed by atoms with Gasteiger partial charge in [0.2, 0.25) is 0 Å². The SMILES string of the molecule is C=C(C(=O)C(=O)N1CCN(C(=O)c2ccccc2)C[C@H]1C)c1nccc(C=O)c1N. The van der Waals surface area contributed by atoms with Gasteiger partial charge in [-0.25, -0.2) is 0 Å². The molecular weight excluding hydrogens is 384 g/mol. The Hall–Kier alpha value is -3.81. The molecule has 2 heterocycles. The molecule has 2 aromatic rings. The van der Waals surface area contributed by atoms with E-state index in [1.807, 2.05) is 6.07 Å². The molecule has 1 fully saturated rings. The van der Waals surface area contributed by atoms with Gasteiger partial charge in [0.1, 0.15) is 0 Å². The molecule has 2 N–H and O–H groups in total. The zero-order valence-electron chi connectivity index (χ0n) is 16.6. The lowest BCUT2D eigenvalue weighted by Crippen LogP contribution is -2.56. The van der Waals surface area contributed by atoms with Crippen LogP contribution in [0.5, 0.6) is 0 Å². The van der Waals surface area contributed by atoms with Crippen LogP contribution in [-0.2, 0) is 9.59 Å². The number of hydrogen-bond donors (Lipinski definition) is 1. The van der Waals surface area contributed by atoms with Gasteiger partial charge in [-0.2, -0.15) is 0 Å². The number of aromatic nitrogens is 1. The Kier molecular flexibility index (Phi) is 6.06. The van der Waals surface area contributed by atoms with E-state index < -0.39 is 11.7 Å². The quantitative estimate of drug-likeness (QED) is 0.457. The van der Waals surface area contributed by atoms with Crippen molar-refractivity contribution in [3.8, 4) is 0 Å². The van der Waals surface area contributed by atoms with Crippen molar-refractivity contribution in [1.82, 2.24) is 14.8 Å². The van der Waals surface area contributed by atoms with E-state index in [0.29, 0.717) is 24.9 Å². The largest absolute Gasteiger partial charge is 0.396 e. The van der Waals surface area contributed by atoms with Crippen LogP contribution in [0, 0.1) is 0 Å². The molecular formula is C22H22N4O4. The van der Waals surface area contributed by atoms with Crippen LogP contribution >= 0.6 is 0 Å². The first-order chi connectivity index (χ1) is 14.3. The molecule has 1 saturated heterocycles. The summed E-state index contributed by atoms with van der Waals surface area (Å²) in [5.41, 5.74) is 6.46. The second kappa shape index (κ2) is 8.69. The van der Waals surface area contributed by atoms with E-state index in [0.717, 1.165) is 0 Å². The minimum atomic E-state index is -0.841. The second-order valence-corrected chi connectivity index (χ2v) is 7.05. The molecule has 2 amide bonds. The summed E-state index contributed by atoms with van der Waals surface area (Å²) in [6, 6.07) is 9.95. The number of nitrogens with two attached hydrogens (primary N) is 1. The molecule has 3 rings (SSSR count).